The lowest BCUT2D eigenvalue weighted by molar-refractivity contribution is 0.0924. The van der Waals surface area contributed by atoms with Gasteiger partial charge in [0, 0.05) is 12.3 Å². The van der Waals surface area contributed by atoms with Gasteiger partial charge in [0.2, 0.25) is 0 Å². The molecule has 2 N–H and O–H groups in total. The van der Waals surface area contributed by atoms with Crippen molar-refractivity contribution in [2.45, 2.75) is 26.3 Å². The third-order valence-electron chi connectivity index (χ3n) is 4.26. The first-order valence-corrected chi connectivity index (χ1v) is 8.81. The van der Waals surface area contributed by atoms with Crippen molar-refractivity contribution < 1.29 is 9.21 Å². The Kier molecular flexibility index (Phi) is 4.45. The highest BCUT2D eigenvalue weighted by Crippen LogP contribution is 2.22. The second-order valence-corrected chi connectivity index (χ2v) is 6.79. The highest BCUT2D eigenvalue weighted by molar-refractivity contribution is 5.93. The first kappa shape index (κ1) is 17.0. The lowest BCUT2D eigenvalue weighted by Crippen LogP contribution is -2.31. The molecule has 0 aliphatic carbocycles. The van der Waals surface area contributed by atoms with E-state index in [1.165, 1.54) is 0 Å². The summed E-state index contributed by atoms with van der Waals surface area (Å²) in [5, 5.41) is 18.5. The number of carbonyl (C=O) groups excluding carboxylic acids is 1. The minimum atomic E-state index is -0.279. The molecule has 0 saturated heterocycles. The number of furan rings is 1. The van der Waals surface area contributed by atoms with Gasteiger partial charge >= 0.3 is 0 Å². The summed E-state index contributed by atoms with van der Waals surface area (Å²) in [4.78, 5) is 12.8. The smallest absolute Gasteiger partial charge is 0.272 e. The van der Waals surface area contributed by atoms with Crippen LogP contribution in [-0.4, -0.2) is 30.7 Å². The number of nitrogens with one attached hydrogen (secondary N) is 2. The average molecular weight is 364 g/mol. The lowest BCUT2D eigenvalue weighted by atomic mass is 10.0. The van der Waals surface area contributed by atoms with Crippen LogP contribution in [0.2, 0.25) is 0 Å². The van der Waals surface area contributed by atoms with E-state index in [-0.39, 0.29) is 11.9 Å². The van der Waals surface area contributed by atoms with E-state index in [0.717, 1.165) is 12.1 Å². The number of rotatable bonds is 6. The van der Waals surface area contributed by atoms with Crippen LogP contribution in [0.25, 0.3) is 17.1 Å². The molecule has 0 aromatic carbocycles. The molecular weight excluding hydrogens is 344 g/mol. The van der Waals surface area contributed by atoms with Crippen molar-refractivity contribution in [2.75, 3.05) is 0 Å². The third kappa shape index (κ3) is 3.46. The predicted octanol–water partition coefficient (Wildman–Crippen LogP) is 3.23. The van der Waals surface area contributed by atoms with Gasteiger partial charge in [-0.3, -0.25) is 14.3 Å². The van der Waals surface area contributed by atoms with Gasteiger partial charge in [-0.15, -0.1) is 10.2 Å². The molecule has 4 aromatic rings. The van der Waals surface area contributed by atoms with Gasteiger partial charge in [0.05, 0.1) is 12.3 Å². The van der Waals surface area contributed by atoms with Gasteiger partial charge in [-0.05, 0) is 36.6 Å². The zero-order valence-electron chi connectivity index (χ0n) is 15.1. The number of nitrogens with zero attached hydrogens (tertiary/aromatic N) is 4. The predicted molar refractivity (Wildman–Crippen MR) is 98.9 cm³/mol. The molecule has 138 valence electrons. The summed E-state index contributed by atoms with van der Waals surface area (Å²) in [6.45, 7) is 4.21. The summed E-state index contributed by atoms with van der Waals surface area (Å²) in [5.74, 6) is 1.42. The fourth-order valence-electron chi connectivity index (χ4n) is 3.03. The highest BCUT2D eigenvalue weighted by atomic mass is 16.3. The number of aromatic amines is 1. The minimum absolute atomic E-state index is 0.276. The van der Waals surface area contributed by atoms with Crippen molar-refractivity contribution in [1.29, 1.82) is 0 Å². The Morgan fingerprint density at radius 2 is 2.15 bits per heavy atom. The van der Waals surface area contributed by atoms with Gasteiger partial charge in [0.25, 0.3) is 5.91 Å². The zero-order chi connectivity index (χ0) is 18.8. The molecule has 1 atom stereocenters. The zero-order valence-corrected chi connectivity index (χ0v) is 15.1. The molecule has 4 aromatic heterocycles. The fraction of sp³-hybridized carbons (Fsp3) is 0.263. The van der Waals surface area contributed by atoms with E-state index in [0.29, 0.717) is 28.9 Å². The Morgan fingerprint density at radius 1 is 1.26 bits per heavy atom. The maximum Gasteiger partial charge on any atom is 0.272 e. The number of hydrogen-bond acceptors (Lipinski definition) is 5. The second-order valence-electron chi connectivity index (χ2n) is 6.79. The minimum Gasteiger partial charge on any atom is -0.463 e. The van der Waals surface area contributed by atoms with Crippen LogP contribution in [0.3, 0.4) is 0 Å². The number of amides is 1. The number of hydrogen-bond donors (Lipinski definition) is 2. The van der Waals surface area contributed by atoms with Crippen LogP contribution in [0.5, 0.6) is 0 Å². The van der Waals surface area contributed by atoms with Gasteiger partial charge in [-0.25, -0.2) is 0 Å². The number of H-pyrrole nitrogens is 1. The number of aromatic nitrogens is 5. The topological polar surface area (TPSA) is 101 Å². The normalized spacial score (nSPS) is 12.6. The summed E-state index contributed by atoms with van der Waals surface area (Å²) in [7, 11) is 0. The van der Waals surface area contributed by atoms with Crippen molar-refractivity contribution >= 4 is 11.6 Å². The highest BCUT2D eigenvalue weighted by Gasteiger charge is 2.23. The average Bonchev–Trinajstić information content (AvgIpc) is 3.39. The van der Waals surface area contributed by atoms with Crippen molar-refractivity contribution in [3.63, 3.8) is 0 Å². The van der Waals surface area contributed by atoms with E-state index in [4.69, 9.17) is 4.42 Å². The first-order valence-electron chi connectivity index (χ1n) is 8.81. The van der Waals surface area contributed by atoms with Crippen LogP contribution < -0.4 is 5.32 Å². The molecule has 8 heteroatoms. The van der Waals surface area contributed by atoms with Crippen molar-refractivity contribution in [3.8, 4) is 11.5 Å². The number of fused-ring (bicyclic) bond motifs is 1. The van der Waals surface area contributed by atoms with Crippen molar-refractivity contribution in [1.82, 2.24) is 30.1 Å². The molecule has 0 spiro atoms. The van der Waals surface area contributed by atoms with E-state index in [2.05, 4.69) is 39.6 Å². The molecule has 0 aliphatic rings. The molecule has 4 heterocycles. The summed E-state index contributed by atoms with van der Waals surface area (Å²) in [5.41, 5.74) is 1.69. The molecule has 0 fully saturated rings. The van der Waals surface area contributed by atoms with Crippen LogP contribution in [0, 0.1) is 5.92 Å². The molecule has 4 rings (SSSR count). The number of carbonyl (C=O) groups is 1. The molecule has 27 heavy (non-hydrogen) atoms. The van der Waals surface area contributed by atoms with Gasteiger partial charge in [0.15, 0.2) is 22.9 Å². The van der Waals surface area contributed by atoms with Crippen LogP contribution >= 0.6 is 0 Å². The molecular formula is C19H20N6O2. The van der Waals surface area contributed by atoms with Crippen LogP contribution in [0.1, 0.15) is 42.6 Å². The Bertz CT molecular complexity index is 1050. The van der Waals surface area contributed by atoms with Crippen LogP contribution in [0.15, 0.2) is 53.3 Å². The summed E-state index contributed by atoms with van der Waals surface area (Å²) in [6.07, 6.45) is 4.20. The summed E-state index contributed by atoms with van der Waals surface area (Å²) < 4.78 is 7.22. The Morgan fingerprint density at radius 3 is 2.93 bits per heavy atom. The van der Waals surface area contributed by atoms with Crippen molar-refractivity contribution in [3.05, 3.63) is 60.4 Å². The molecule has 0 unspecified atom stereocenters. The van der Waals surface area contributed by atoms with Crippen LogP contribution in [0.4, 0.5) is 0 Å². The largest absolute Gasteiger partial charge is 0.463 e. The number of pyridine rings is 1. The van der Waals surface area contributed by atoms with Crippen LogP contribution in [-0.2, 0) is 0 Å². The standard InChI is InChI=1S/C19H20N6O2/c1-12(2)10-14(18-24-23-17-7-3-4-8-25(17)18)20-19(26)15-11-13(21-22-15)16-6-5-9-27-16/h3-9,11-12,14H,10H2,1-2H3,(H,20,26)(H,21,22)/t14-/m0/s1. The third-order valence-corrected chi connectivity index (χ3v) is 4.26. The lowest BCUT2D eigenvalue weighted by Gasteiger charge is -2.18. The van der Waals surface area contributed by atoms with E-state index >= 15 is 0 Å². The van der Waals surface area contributed by atoms with E-state index in [1.807, 2.05) is 28.8 Å². The molecule has 0 bridgehead atoms. The molecule has 0 saturated carbocycles. The second kappa shape index (κ2) is 7.06. The fourth-order valence-corrected chi connectivity index (χ4v) is 3.03. The van der Waals surface area contributed by atoms with Gasteiger partial charge < -0.3 is 9.73 Å². The summed E-state index contributed by atoms with van der Waals surface area (Å²) >= 11 is 0. The van der Waals surface area contributed by atoms with E-state index in [9.17, 15) is 4.79 Å². The van der Waals surface area contributed by atoms with E-state index in [1.54, 1.807) is 24.5 Å². The maximum absolute atomic E-state index is 12.8. The first-order chi connectivity index (χ1) is 13.1. The van der Waals surface area contributed by atoms with Gasteiger partial charge in [-0.2, -0.15) is 5.10 Å². The van der Waals surface area contributed by atoms with Gasteiger partial charge in [0.1, 0.15) is 5.69 Å². The molecule has 0 aliphatic heterocycles. The molecule has 8 nitrogen and oxygen atoms in total. The Labute approximate surface area is 155 Å². The summed E-state index contributed by atoms with van der Waals surface area (Å²) in [6, 6.07) is 10.7. The SMILES string of the molecule is CC(C)C[C@H](NC(=O)c1cc(-c2ccco2)[nH]n1)c1nnc2ccccn12. The monoisotopic (exact) mass is 364 g/mol. The maximum atomic E-state index is 12.8. The Balaban J connectivity index is 1.59. The van der Waals surface area contributed by atoms with E-state index < -0.39 is 0 Å². The molecule has 1 amide bonds. The quantitative estimate of drug-likeness (QED) is 0.547. The molecule has 0 radical (unpaired) electrons. The van der Waals surface area contributed by atoms with Crippen molar-refractivity contribution in [2.24, 2.45) is 5.92 Å². The Hall–Kier alpha value is -3.42. The van der Waals surface area contributed by atoms with Gasteiger partial charge in [-0.1, -0.05) is 19.9 Å².